The Hall–Kier alpha value is -1.32. The van der Waals surface area contributed by atoms with Crippen molar-refractivity contribution in [3.05, 3.63) is 46.7 Å². The van der Waals surface area contributed by atoms with Crippen LogP contribution >= 0.6 is 11.6 Å². The van der Waals surface area contributed by atoms with Crippen molar-refractivity contribution in [1.82, 2.24) is 15.1 Å². The molecule has 0 atom stereocenters. The fourth-order valence-corrected chi connectivity index (χ4v) is 2.65. The molecule has 0 spiro atoms. The Morgan fingerprint density at radius 1 is 1.35 bits per heavy atom. The van der Waals surface area contributed by atoms with Crippen molar-refractivity contribution < 1.29 is 0 Å². The molecule has 2 aromatic rings. The first-order chi connectivity index (χ1) is 9.79. The molecule has 0 amide bonds. The molecule has 0 radical (unpaired) electrons. The van der Waals surface area contributed by atoms with Gasteiger partial charge in [-0.25, -0.2) is 4.68 Å². The van der Waals surface area contributed by atoms with Crippen LogP contribution in [-0.4, -0.2) is 15.8 Å². The number of hydrogen-bond donors (Lipinski definition) is 1. The van der Waals surface area contributed by atoms with Crippen molar-refractivity contribution in [2.75, 3.05) is 0 Å². The summed E-state index contributed by atoms with van der Waals surface area (Å²) in [4.78, 5) is 0. The van der Waals surface area contributed by atoms with E-state index in [0.717, 1.165) is 30.1 Å². The highest BCUT2D eigenvalue weighted by molar-refractivity contribution is 6.32. The number of nitrogens with one attached hydrogen (secondary N) is 1. The molecule has 1 aromatic heterocycles. The Bertz CT molecular complexity index is 587. The SMILES string of the molecule is CCCc1c(CNC2CC2)cnn1-c1ccccc1Cl. The minimum Gasteiger partial charge on any atom is -0.310 e. The Labute approximate surface area is 124 Å². The van der Waals surface area contributed by atoms with Gasteiger partial charge in [0.15, 0.2) is 0 Å². The third-order valence-corrected chi connectivity index (χ3v) is 4.00. The predicted octanol–water partition coefficient (Wildman–Crippen LogP) is 3.73. The van der Waals surface area contributed by atoms with E-state index >= 15 is 0 Å². The number of rotatable bonds is 6. The summed E-state index contributed by atoms with van der Waals surface area (Å²) in [6, 6.07) is 8.60. The van der Waals surface area contributed by atoms with Crippen molar-refractivity contribution in [2.24, 2.45) is 0 Å². The third kappa shape index (κ3) is 2.89. The van der Waals surface area contributed by atoms with Gasteiger partial charge < -0.3 is 5.32 Å². The van der Waals surface area contributed by atoms with Crippen molar-refractivity contribution >= 4 is 11.6 Å². The summed E-state index contributed by atoms with van der Waals surface area (Å²) in [5.41, 5.74) is 3.53. The van der Waals surface area contributed by atoms with Crippen molar-refractivity contribution in [1.29, 1.82) is 0 Å². The van der Waals surface area contributed by atoms with E-state index in [-0.39, 0.29) is 0 Å². The van der Waals surface area contributed by atoms with Gasteiger partial charge in [-0.15, -0.1) is 0 Å². The monoisotopic (exact) mass is 289 g/mol. The fraction of sp³-hybridized carbons (Fsp3) is 0.438. The molecule has 0 saturated heterocycles. The second kappa shape index (κ2) is 5.98. The van der Waals surface area contributed by atoms with Crippen LogP contribution in [0.15, 0.2) is 30.5 Å². The van der Waals surface area contributed by atoms with Gasteiger partial charge in [0.2, 0.25) is 0 Å². The van der Waals surface area contributed by atoms with Crippen LogP contribution in [-0.2, 0) is 13.0 Å². The Balaban J connectivity index is 1.91. The largest absolute Gasteiger partial charge is 0.310 e. The Morgan fingerprint density at radius 2 is 2.15 bits per heavy atom. The fourth-order valence-electron chi connectivity index (χ4n) is 2.43. The van der Waals surface area contributed by atoms with Crippen LogP contribution in [0.4, 0.5) is 0 Å². The first-order valence-corrected chi connectivity index (χ1v) is 7.71. The first kappa shape index (κ1) is 13.7. The minimum atomic E-state index is 0.716. The Morgan fingerprint density at radius 3 is 2.85 bits per heavy atom. The van der Waals surface area contributed by atoms with Crippen molar-refractivity contribution in [3.8, 4) is 5.69 Å². The standard InChI is InChI=1S/C16H20ClN3/c1-2-5-15-12(10-18-13-8-9-13)11-19-20(15)16-7-4-3-6-14(16)17/h3-4,6-7,11,13,18H,2,5,8-10H2,1H3. The highest BCUT2D eigenvalue weighted by Gasteiger charge is 2.21. The molecular formula is C16H20ClN3. The number of para-hydroxylation sites is 1. The second-order valence-electron chi connectivity index (χ2n) is 5.38. The predicted molar refractivity (Wildman–Crippen MR) is 82.4 cm³/mol. The van der Waals surface area contributed by atoms with Crippen LogP contribution in [0.3, 0.4) is 0 Å². The van der Waals surface area contributed by atoms with E-state index in [4.69, 9.17) is 11.6 Å². The molecule has 1 heterocycles. The normalized spacial score (nSPS) is 14.7. The van der Waals surface area contributed by atoms with Gasteiger partial charge in [0, 0.05) is 23.8 Å². The lowest BCUT2D eigenvalue weighted by Gasteiger charge is -2.10. The van der Waals surface area contributed by atoms with Crippen LogP contribution < -0.4 is 5.32 Å². The van der Waals surface area contributed by atoms with Crippen LogP contribution in [0.2, 0.25) is 5.02 Å². The zero-order valence-corrected chi connectivity index (χ0v) is 12.5. The van der Waals surface area contributed by atoms with E-state index in [1.54, 1.807) is 0 Å². The number of hydrogen-bond acceptors (Lipinski definition) is 2. The topological polar surface area (TPSA) is 29.9 Å². The maximum absolute atomic E-state index is 6.30. The van der Waals surface area contributed by atoms with Gasteiger partial charge in [0.1, 0.15) is 0 Å². The molecule has 4 heteroatoms. The van der Waals surface area contributed by atoms with Crippen LogP contribution in [0.1, 0.15) is 37.4 Å². The summed E-state index contributed by atoms with van der Waals surface area (Å²) in [5.74, 6) is 0. The molecule has 3 nitrogen and oxygen atoms in total. The van der Waals surface area contributed by atoms with E-state index in [9.17, 15) is 0 Å². The highest BCUT2D eigenvalue weighted by atomic mass is 35.5. The summed E-state index contributed by atoms with van der Waals surface area (Å²) in [7, 11) is 0. The minimum absolute atomic E-state index is 0.716. The van der Waals surface area contributed by atoms with Crippen LogP contribution in [0.25, 0.3) is 5.69 Å². The van der Waals surface area contributed by atoms with Gasteiger partial charge in [-0.3, -0.25) is 0 Å². The molecule has 1 aromatic carbocycles. The van der Waals surface area contributed by atoms with E-state index < -0.39 is 0 Å². The zero-order valence-electron chi connectivity index (χ0n) is 11.8. The maximum atomic E-state index is 6.30. The molecule has 1 aliphatic carbocycles. The van der Waals surface area contributed by atoms with Crippen molar-refractivity contribution in [2.45, 2.75) is 45.2 Å². The molecule has 1 saturated carbocycles. The molecule has 0 unspecified atom stereocenters. The lowest BCUT2D eigenvalue weighted by atomic mass is 10.1. The lowest BCUT2D eigenvalue weighted by molar-refractivity contribution is 0.676. The summed E-state index contributed by atoms with van der Waals surface area (Å²) in [5, 5.41) is 8.87. The van der Waals surface area contributed by atoms with E-state index in [0.29, 0.717) is 6.04 Å². The summed E-state index contributed by atoms with van der Waals surface area (Å²) in [6.45, 7) is 3.10. The lowest BCUT2D eigenvalue weighted by Crippen LogP contribution is -2.16. The van der Waals surface area contributed by atoms with Gasteiger partial charge in [-0.1, -0.05) is 37.1 Å². The van der Waals surface area contributed by atoms with E-state index in [1.807, 2.05) is 35.1 Å². The number of halogens is 1. The number of aromatic nitrogens is 2. The highest BCUT2D eigenvalue weighted by Crippen LogP contribution is 2.24. The van der Waals surface area contributed by atoms with E-state index in [1.165, 1.54) is 24.1 Å². The molecule has 20 heavy (non-hydrogen) atoms. The van der Waals surface area contributed by atoms with Crippen LogP contribution in [0.5, 0.6) is 0 Å². The third-order valence-electron chi connectivity index (χ3n) is 3.68. The van der Waals surface area contributed by atoms with Crippen LogP contribution in [0, 0.1) is 0 Å². The molecule has 3 rings (SSSR count). The van der Waals surface area contributed by atoms with Gasteiger partial charge in [-0.05, 0) is 31.4 Å². The Kier molecular flexibility index (Phi) is 4.08. The molecule has 0 bridgehead atoms. The molecule has 1 N–H and O–H groups in total. The molecule has 106 valence electrons. The van der Waals surface area contributed by atoms with Gasteiger partial charge in [0.05, 0.1) is 16.9 Å². The van der Waals surface area contributed by atoms with E-state index in [2.05, 4.69) is 17.3 Å². The molecule has 1 aliphatic rings. The number of nitrogens with zero attached hydrogens (tertiary/aromatic N) is 2. The maximum Gasteiger partial charge on any atom is 0.0835 e. The molecule has 1 fully saturated rings. The summed E-state index contributed by atoms with van der Waals surface area (Å²) >= 11 is 6.30. The van der Waals surface area contributed by atoms with Gasteiger partial charge >= 0.3 is 0 Å². The average Bonchev–Trinajstić information content (AvgIpc) is 3.20. The summed E-state index contributed by atoms with van der Waals surface area (Å²) in [6.07, 6.45) is 6.71. The molecule has 0 aliphatic heterocycles. The molecular weight excluding hydrogens is 270 g/mol. The first-order valence-electron chi connectivity index (χ1n) is 7.33. The average molecular weight is 290 g/mol. The quantitative estimate of drug-likeness (QED) is 0.878. The number of benzene rings is 1. The van der Waals surface area contributed by atoms with Gasteiger partial charge in [-0.2, -0.15) is 5.10 Å². The zero-order chi connectivity index (χ0) is 13.9. The van der Waals surface area contributed by atoms with Crippen molar-refractivity contribution in [3.63, 3.8) is 0 Å². The smallest absolute Gasteiger partial charge is 0.0835 e. The second-order valence-corrected chi connectivity index (χ2v) is 5.79. The summed E-state index contributed by atoms with van der Waals surface area (Å²) < 4.78 is 2.00. The van der Waals surface area contributed by atoms with Gasteiger partial charge in [0.25, 0.3) is 0 Å².